The van der Waals surface area contributed by atoms with Crippen LogP contribution in [0.15, 0.2) is 0 Å². The van der Waals surface area contributed by atoms with Gasteiger partial charge < -0.3 is 25.4 Å². The van der Waals surface area contributed by atoms with Crippen molar-refractivity contribution in [3.63, 3.8) is 0 Å². The van der Waals surface area contributed by atoms with Gasteiger partial charge in [0, 0.05) is 32.8 Å². The summed E-state index contributed by atoms with van der Waals surface area (Å²) in [5, 5.41) is 14.5. The van der Waals surface area contributed by atoms with E-state index in [1.807, 2.05) is 7.05 Å². The number of ether oxygens (including phenoxy) is 1. The summed E-state index contributed by atoms with van der Waals surface area (Å²) in [7, 11) is 3.62. The molecular formula is C13H25N3O4. The first-order valence-corrected chi connectivity index (χ1v) is 6.97. The van der Waals surface area contributed by atoms with Crippen LogP contribution in [0.3, 0.4) is 0 Å². The molecule has 0 aromatic rings. The van der Waals surface area contributed by atoms with E-state index in [4.69, 9.17) is 9.84 Å². The summed E-state index contributed by atoms with van der Waals surface area (Å²) in [6.45, 7) is 2.80. The van der Waals surface area contributed by atoms with Crippen molar-refractivity contribution in [1.82, 2.24) is 15.5 Å². The lowest BCUT2D eigenvalue weighted by molar-refractivity contribution is -0.141. The molecule has 0 unspecified atom stereocenters. The van der Waals surface area contributed by atoms with Gasteiger partial charge in [-0.15, -0.1) is 0 Å². The van der Waals surface area contributed by atoms with Gasteiger partial charge >= 0.3 is 12.0 Å². The number of carboxylic acid groups (broad SMARTS) is 1. The van der Waals surface area contributed by atoms with Crippen molar-refractivity contribution in [2.45, 2.75) is 25.3 Å². The molecule has 2 atom stereocenters. The Hall–Kier alpha value is -1.34. The van der Waals surface area contributed by atoms with E-state index in [2.05, 4.69) is 15.5 Å². The minimum absolute atomic E-state index is 0.0256. The second kappa shape index (κ2) is 8.76. The van der Waals surface area contributed by atoms with Gasteiger partial charge in [-0.25, -0.2) is 4.79 Å². The van der Waals surface area contributed by atoms with Gasteiger partial charge in [-0.1, -0.05) is 0 Å². The molecule has 3 N–H and O–H groups in total. The number of rotatable bonds is 8. The fourth-order valence-electron chi connectivity index (χ4n) is 2.29. The van der Waals surface area contributed by atoms with Crippen molar-refractivity contribution in [2.24, 2.45) is 5.92 Å². The standard InChI is InChI=1S/C13H25N3O4/c1-16(7-8-20-2)6-5-14-13(19)15-11-4-3-10(9-11)12(17)18/h10-11H,3-9H2,1-2H3,(H,17,18)(H2,14,15,19)/t10-,11+/m1/s1. The van der Waals surface area contributed by atoms with Gasteiger partial charge in [-0.05, 0) is 26.3 Å². The van der Waals surface area contributed by atoms with Gasteiger partial charge in [0.05, 0.1) is 12.5 Å². The second-order valence-electron chi connectivity index (χ2n) is 5.24. The topological polar surface area (TPSA) is 90.9 Å². The lowest BCUT2D eigenvalue weighted by Crippen LogP contribution is -2.43. The molecule has 0 bridgehead atoms. The normalized spacial score (nSPS) is 21.9. The fraction of sp³-hybridized carbons (Fsp3) is 0.846. The Morgan fingerprint density at radius 3 is 2.70 bits per heavy atom. The van der Waals surface area contributed by atoms with Crippen molar-refractivity contribution in [1.29, 1.82) is 0 Å². The van der Waals surface area contributed by atoms with Crippen LogP contribution in [0.2, 0.25) is 0 Å². The first-order valence-electron chi connectivity index (χ1n) is 6.97. The summed E-state index contributed by atoms with van der Waals surface area (Å²) in [6.07, 6.45) is 1.90. The summed E-state index contributed by atoms with van der Waals surface area (Å²) in [4.78, 5) is 24.5. The highest BCUT2D eigenvalue weighted by Crippen LogP contribution is 2.25. The molecule has 0 aromatic heterocycles. The number of carboxylic acids is 1. The smallest absolute Gasteiger partial charge is 0.315 e. The largest absolute Gasteiger partial charge is 0.481 e. The minimum Gasteiger partial charge on any atom is -0.481 e. The van der Waals surface area contributed by atoms with Crippen LogP contribution in [-0.4, -0.2) is 68.4 Å². The van der Waals surface area contributed by atoms with Crippen LogP contribution in [0.25, 0.3) is 0 Å². The Labute approximate surface area is 119 Å². The van der Waals surface area contributed by atoms with Gasteiger partial charge in [0.15, 0.2) is 0 Å². The third-order valence-corrected chi connectivity index (χ3v) is 3.57. The highest BCUT2D eigenvalue weighted by Gasteiger charge is 2.30. The number of methoxy groups -OCH3 is 1. The third-order valence-electron chi connectivity index (χ3n) is 3.57. The van der Waals surface area contributed by atoms with E-state index in [-0.39, 0.29) is 18.0 Å². The van der Waals surface area contributed by atoms with Gasteiger partial charge in [-0.3, -0.25) is 4.79 Å². The van der Waals surface area contributed by atoms with Crippen LogP contribution in [0.5, 0.6) is 0 Å². The van der Waals surface area contributed by atoms with Gasteiger partial charge in [0.25, 0.3) is 0 Å². The molecule has 0 aliphatic heterocycles. The minimum atomic E-state index is -0.769. The number of aliphatic carboxylic acids is 1. The highest BCUT2D eigenvalue weighted by molar-refractivity contribution is 5.75. The molecule has 0 aromatic carbocycles. The maximum absolute atomic E-state index is 11.7. The molecule has 7 nitrogen and oxygen atoms in total. The summed E-state index contributed by atoms with van der Waals surface area (Å²) in [5.74, 6) is -1.09. The zero-order valence-corrected chi connectivity index (χ0v) is 12.2. The first kappa shape index (κ1) is 16.7. The molecule has 0 saturated heterocycles. The highest BCUT2D eigenvalue weighted by atomic mass is 16.5. The van der Waals surface area contributed by atoms with Crippen LogP contribution in [0.4, 0.5) is 4.79 Å². The lowest BCUT2D eigenvalue weighted by atomic mass is 10.1. The van der Waals surface area contributed by atoms with E-state index in [1.54, 1.807) is 7.11 Å². The van der Waals surface area contributed by atoms with Crippen LogP contribution >= 0.6 is 0 Å². The van der Waals surface area contributed by atoms with E-state index in [0.717, 1.165) is 19.5 Å². The van der Waals surface area contributed by atoms with Gasteiger partial charge in [0.2, 0.25) is 0 Å². The molecule has 2 amide bonds. The van der Waals surface area contributed by atoms with Crippen molar-refractivity contribution >= 4 is 12.0 Å². The average Bonchev–Trinajstić information content (AvgIpc) is 2.85. The predicted octanol–water partition coefficient (Wildman–Crippen LogP) is 0.117. The Morgan fingerprint density at radius 2 is 2.10 bits per heavy atom. The molecule has 1 aliphatic carbocycles. The number of nitrogens with zero attached hydrogens (tertiary/aromatic N) is 1. The Bertz CT molecular complexity index is 325. The quantitative estimate of drug-likeness (QED) is 0.590. The van der Waals surface area contributed by atoms with Crippen molar-refractivity contribution in [3.05, 3.63) is 0 Å². The molecule has 1 fully saturated rings. The van der Waals surface area contributed by atoms with Gasteiger partial charge in [-0.2, -0.15) is 0 Å². The molecule has 1 rings (SSSR count). The summed E-state index contributed by atoms with van der Waals surface area (Å²) in [6, 6.07) is -0.247. The van der Waals surface area contributed by atoms with E-state index in [1.165, 1.54) is 0 Å². The molecule has 1 saturated carbocycles. The fourth-order valence-corrected chi connectivity index (χ4v) is 2.29. The predicted molar refractivity (Wildman–Crippen MR) is 74.7 cm³/mol. The van der Waals surface area contributed by atoms with Crippen molar-refractivity contribution < 1.29 is 19.4 Å². The number of hydrogen-bond acceptors (Lipinski definition) is 4. The number of amides is 2. The number of nitrogens with one attached hydrogen (secondary N) is 2. The number of carbonyl (C=O) groups is 2. The maximum Gasteiger partial charge on any atom is 0.315 e. The summed E-state index contributed by atoms with van der Waals surface area (Å²) >= 11 is 0. The second-order valence-corrected chi connectivity index (χ2v) is 5.24. The van der Waals surface area contributed by atoms with E-state index in [0.29, 0.717) is 26.0 Å². The van der Waals surface area contributed by atoms with Crippen molar-refractivity contribution in [2.75, 3.05) is 40.4 Å². The average molecular weight is 287 g/mol. The molecule has 116 valence electrons. The Morgan fingerprint density at radius 1 is 1.35 bits per heavy atom. The number of hydrogen-bond donors (Lipinski definition) is 3. The lowest BCUT2D eigenvalue weighted by Gasteiger charge is -2.17. The molecule has 7 heteroatoms. The number of urea groups is 1. The molecular weight excluding hydrogens is 262 g/mol. The van der Waals surface area contributed by atoms with E-state index in [9.17, 15) is 9.59 Å². The maximum atomic E-state index is 11.7. The Balaban J connectivity index is 2.10. The van der Waals surface area contributed by atoms with Crippen LogP contribution in [0, 0.1) is 5.92 Å². The molecule has 0 spiro atoms. The zero-order valence-electron chi connectivity index (χ0n) is 12.2. The van der Waals surface area contributed by atoms with E-state index < -0.39 is 5.97 Å². The molecule has 0 heterocycles. The monoisotopic (exact) mass is 287 g/mol. The van der Waals surface area contributed by atoms with Crippen LogP contribution in [0.1, 0.15) is 19.3 Å². The van der Waals surface area contributed by atoms with Crippen molar-refractivity contribution in [3.8, 4) is 0 Å². The molecule has 20 heavy (non-hydrogen) atoms. The molecule has 1 aliphatic rings. The zero-order chi connectivity index (χ0) is 15.0. The van der Waals surface area contributed by atoms with Gasteiger partial charge in [0.1, 0.15) is 0 Å². The summed E-state index contributed by atoms with van der Waals surface area (Å²) in [5.41, 5.74) is 0. The summed E-state index contributed by atoms with van der Waals surface area (Å²) < 4.78 is 4.97. The third kappa shape index (κ3) is 6.21. The van der Waals surface area contributed by atoms with Crippen LogP contribution < -0.4 is 10.6 Å². The number of likely N-dealkylation sites (N-methyl/N-ethyl adjacent to an activating group) is 1. The number of carbonyl (C=O) groups excluding carboxylic acids is 1. The Kier molecular flexibility index (Phi) is 7.32. The first-order chi connectivity index (χ1) is 9.52. The van der Waals surface area contributed by atoms with Crippen LogP contribution in [-0.2, 0) is 9.53 Å². The molecule has 0 radical (unpaired) electrons. The van der Waals surface area contributed by atoms with E-state index >= 15 is 0 Å². The SMILES string of the molecule is COCCN(C)CCNC(=O)N[C@H]1CC[C@@H](C(=O)O)C1.